The molecular formula is C24H27NO6. The van der Waals surface area contributed by atoms with E-state index in [0.29, 0.717) is 17.9 Å². The van der Waals surface area contributed by atoms with E-state index >= 15 is 0 Å². The highest BCUT2D eigenvalue weighted by atomic mass is 16.5. The summed E-state index contributed by atoms with van der Waals surface area (Å²) in [5.74, 6) is -0.709. The normalized spacial score (nSPS) is 14.2. The van der Waals surface area contributed by atoms with Gasteiger partial charge in [0.25, 0.3) is 0 Å². The van der Waals surface area contributed by atoms with Gasteiger partial charge in [0.2, 0.25) is 17.2 Å². The molecule has 1 saturated heterocycles. The molecule has 0 aliphatic carbocycles. The molecule has 0 radical (unpaired) electrons. The number of benzene rings is 2. The number of ether oxygens (including phenoxy) is 2. The zero-order chi connectivity index (χ0) is 21.8. The van der Waals surface area contributed by atoms with E-state index in [1.807, 2.05) is 30.3 Å². The van der Waals surface area contributed by atoms with Crippen LogP contribution in [0, 0.1) is 0 Å². The van der Waals surface area contributed by atoms with E-state index in [9.17, 15) is 15.0 Å². The van der Waals surface area contributed by atoms with Crippen LogP contribution >= 0.6 is 0 Å². The lowest BCUT2D eigenvalue weighted by Gasteiger charge is -2.17. The number of phenolic OH excluding ortho intramolecular Hbond substituents is 2. The summed E-state index contributed by atoms with van der Waals surface area (Å²) in [6.07, 6.45) is 4.27. The van der Waals surface area contributed by atoms with Crippen LogP contribution in [0.1, 0.15) is 25.7 Å². The van der Waals surface area contributed by atoms with Crippen LogP contribution in [0.25, 0.3) is 22.3 Å². The van der Waals surface area contributed by atoms with Crippen LogP contribution in [0.3, 0.4) is 0 Å². The maximum Gasteiger partial charge on any atom is 0.211 e. The number of methoxy groups -OCH3 is 1. The number of aromatic hydroxyl groups is 2. The number of rotatable bonds is 8. The molecule has 31 heavy (non-hydrogen) atoms. The first kappa shape index (κ1) is 21.1. The van der Waals surface area contributed by atoms with E-state index in [1.165, 1.54) is 26.0 Å². The molecule has 164 valence electrons. The van der Waals surface area contributed by atoms with E-state index in [-0.39, 0.29) is 22.5 Å². The molecule has 0 saturated carbocycles. The second-order valence-corrected chi connectivity index (χ2v) is 7.71. The molecule has 1 aliphatic rings. The third kappa shape index (κ3) is 4.32. The molecular weight excluding hydrogens is 398 g/mol. The van der Waals surface area contributed by atoms with Crippen LogP contribution in [0.5, 0.6) is 23.0 Å². The zero-order valence-corrected chi connectivity index (χ0v) is 17.6. The average molecular weight is 425 g/mol. The SMILES string of the molecule is COc1c(OCCCCN2CCCC2)c(O)c(O)c2c(=O)cc(-c3ccccc3)oc12. The number of likely N-dealkylation sites (tertiary alicyclic amines) is 1. The van der Waals surface area contributed by atoms with Crippen molar-refractivity contribution in [2.75, 3.05) is 33.4 Å². The highest BCUT2D eigenvalue weighted by molar-refractivity contribution is 5.95. The molecule has 0 amide bonds. The van der Waals surface area contributed by atoms with E-state index in [0.717, 1.165) is 32.5 Å². The first-order valence-electron chi connectivity index (χ1n) is 10.6. The predicted octanol–water partition coefficient (Wildman–Crippen LogP) is 4.13. The van der Waals surface area contributed by atoms with Gasteiger partial charge >= 0.3 is 0 Å². The first-order chi connectivity index (χ1) is 15.1. The van der Waals surface area contributed by atoms with Crippen LogP contribution < -0.4 is 14.9 Å². The fourth-order valence-electron chi connectivity index (χ4n) is 4.00. The molecule has 2 aromatic carbocycles. The summed E-state index contributed by atoms with van der Waals surface area (Å²) in [7, 11) is 1.40. The Labute approximate surface area is 180 Å². The van der Waals surface area contributed by atoms with Crippen molar-refractivity contribution >= 4 is 11.0 Å². The average Bonchev–Trinajstić information content (AvgIpc) is 3.30. The second-order valence-electron chi connectivity index (χ2n) is 7.71. The number of fused-ring (bicyclic) bond motifs is 1. The number of unbranched alkanes of at least 4 members (excludes halogenated alkanes) is 1. The minimum atomic E-state index is -0.573. The Hall–Kier alpha value is -3.19. The van der Waals surface area contributed by atoms with Gasteiger partial charge in [0.1, 0.15) is 11.1 Å². The minimum Gasteiger partial charge on any atom is -0.504 e. The summed E-state index contributed by atoms with van der Waals surface area (Å²) in [4.78, 5) is 15.1. The lowest BCUT2D eigenvalue weighted by atomic mass is 10.1. The molecule has 0 atom stereocenters. The smallest absolute Gasteiger partial charge is 0.211 e. The molecule has 1 aromatic heterocycles. The van der Waals surface area contributed by atoms with Gasteiger partial charge in [-0.05, 0) is 45.3 Å². The van der Waals surface area contributed by atoms with Crippen molar-refractivity contribution in [2.24, 2.45) is 0 Å². The van der Waals surface area contributed by atoms with Crippen molar-refractivity contribution in [3.63, 3.8) is 0 Å². The predicted molar refractivity (Wildman–Crippen MR) is 118 cm³/mol. The summed E-state index contributed by atoms with van der Waals surface area (Å²) in [5, 5.41) is 20.9. The summed E-state index contributed by atoms with van der Waals surface area (Å²) >= 11 is 0. The molecule has 0 unspecified atom stereocenters. The molecule has 0 spiro atoms. The molecule has 2 heterocycles. The quantitative estimate of drug-likeness (QED) is 0.414. The third-order valence-electron chi connectivity index (χ3n) is 5.61. The molecule has 3 aromatic rings. The van der Waals surface area contributed by atoms with Crippen molar-refractivity contribution in [1.29, 1.82) is 0 Å². The number of hydrogen-bond donors (Lipinski definition) is 2. The lowest BCUT2D eigenvalue weighted by Crippen LogP contribution is -2.20. The Kier molecular flexibility index (Phi) is 6.32. The fraction of sp³-hybridized carbons (Fsp3) is 0.375. The summed E-state index contributed by atoms with van der Waals surface area (Å²) in [6.45, 7) is 3.66. The van der Waals surface area contributed by atoms with Gasteiger partial charge < -0.3 is 29.0 Å². The topological polar surface area (TPSA) is 92.4 Å². The highest BCUT2D eigenvalue weighted by Crippen LogP contribution is 2.49. The standard InChI is InChI=1S/C24H27NO6/c1-29-24-22-19(17(26)15-18(31-22)16-9-3-2-4-10-16)20(27)21(28)23(24)30-14-8-7-13-25-11-5-6-12-25/h2-4,9-10,15,27-28H,5-8,11-14H2,1H3. The maximum atomic E-state index is 12.7. The highest BCUT2D eigenvalue weighted by Gasteiger charge is 2.26. The van der Waals surface area contributed by atoms with Crippen LogP contribution in [0.4, 0.5) is 0 Å². The van der Waals surface area contributed by atoms with Crippen LogP contribution in [-0.2, 0) is 0 Å². The molecule has 2 N–H and O–H groups in total. The summed E-state index contributed by atoms with van der Waals surface area (Å²) in [6, 6.07) is 10.4. The monoisotopic (exact) mass is 425 g/mol. The van der Waals surface area contributed by atoms with Gasteiger partial charge in [-0.25, -0.2) is 0 Å². The minimum absolute atomic E-state index is 0.0259. The Bertz CT molecular complexity index is 1100. The van der Waals surface area contributed by atoms with Crippen molar-refractivity contribution in [2.45, 2.75) is 25.7 Å². The van der Waals surface area contributed by atoms with Gasteiger partial charge in [-0.15, -0.1) is 0 Å². The van der Waals surface area contributed by atoms with E-state index < -0.39 is 16.9 Å². The summed E-state index contributed by atoms with van der Waals surface area (Å²) < 4.78 is 17.2. The zero-order valence-electron chi connectivity index (χ0n) is 17.6. The Morgan fingerprint density at radius 3 is 2.48 bits per heavy atom. The molecule has 1 fully saturated rings. The van der Waals surface area contributed by atoms with Crippen LogP contribution in [0.15, 0.2) is 45.6 Å². The summed E-state index contributed by atoms with van der Waals surface area (Å²) in [5.41, 5.74) is 0.264. The number of nitrogens with zero attached hydrogens (tertiary/aromatic N) is 1. The van der Waals surface area contributed by atoms with E-state index in [1.54, 1.807) is 0 Å². The van der Waals surface area contributed by atoms with Crippen molar-refractivity contribution in [3.8, 4) is 34.3 Å². The molecule has 7 heteroatoms. The van der Waals surface area contributed by atoms with Gasteiger partial charge in [0.15, 0.2) is 16.8 Å². The van der Waals surface area contributed by atoms with Crippen LogP contribution in [-0.4, -0.2) is 48.5 Å². The third-order valence-corrected chi connectivity index (χ3v) is 5.61. The van der Waals surface area contributed by atoms with Gasteiger partial charge in [0, 0.05) is 11.6 Å². The van der Waals surface area contributed by atoms with Gasteiger partial charge in [-0.2, -0.15) is 0 Å². The van der Waals surface area contributed by atoms with Gasteiger partial charge in [0.05, 0.1) is 13.7 Å². The number of hydrogen-bond acceptors (Lipinski definition) is 7. The fourth-order valence-corrected chi connectivity index (χ4v) is 4.00. The largest absolute Gasteiger partial charge is 0.504 e. The molecule has 7 nitrogen and oxygen atoms in total. The van der Waals surface area contributed by atoms with Crippen molar-refractivity contribution in [1.82, 2.24) is 4.90 Å². The Morgan fingerprint density at radius 1 is 1.03 bits per heavy atom. The van der Waals surface area contributed by atoms with E-state index in [4.69, 9.17) is 13.9 Å². The van der Waals surface area contributed by atoms with Crippen molar-refractivity contribution in [3.05, 3.63) is 46.6 Å². The van der Waals surface area contributed by atoms with E-state index in [2.05, 4.69) is 4.90 Å². The molecule has 0 bridgehead atoms. The molecule has 4 rings (SSSR count). The number of phenols is 2. The first-order valence-corrected chi connectivity index (χ1v) is 10.6. The van der Waals surface area contributed by atoms with Crippen molar-refractivity contribution < 1.29 is 24.1 Å². The molecule has 1 aliphatic heterocycles. The maximum absolute atomic E-state index is 12.7. The second kappa shape index (κ2) is 9.31. The Balaban J connectivity index is 1.63. The van der Waals surface area contributed by atoms with Crippen LogP contribution in [0.2, 0.25) is 0 Å². The van der Waals surface area contributed by atoms with Gasteiger partial charge in [-0.1, -0.05) is 30.3 Å². The Morgan fingerprint density at radius 2 is 1.77 bits per heavy atom. The lowest BCUT2D eigenvalue weighted by molar-refractivity contribution is 0.255. The van der Waals surface area contributed by atoms with Gasteiger partial charge in [-0.3, -0.25) is 4.79 Å².